The zero-order valence-corrected chi connectivity index (χ0v) is 18.6. The van der Waals surface area contributed by atoms with E-state index in [1.807, 2.05) is 48.5 Å². The molecule has 1 fully saturated rings. The van der Waals surface area contributed by atoms with E-state index in [0.717, 1.165) is 22.3 Å². The lowest BCUT2D eigenvalue weighted by molar-refractivity contribution is -0.141. The number of ether oxygens (including phenoxy) is 1. The minimum atomic E-state index is -3.32. The van der Waals surface area contributed by atoms with Gasteiger partial charge in [-0.1, -0.05) is 55.5 Å². The molecule has 3 N–H and O–H groups in total. The van der Waals surface area contributed by atoms with Gasteiger partial charge in [0.15, 0.2) is 0 Å². The lowest BCUT2D eigenvalue weighted by Crippen LogP contribution is -2.40. The molecular formula is C25H26F2N2O5. The van der Waals surface area contributed by atoms with Crippen molar-refractivity contribution in [1.82, 2.24) is 10.6 Å². The van der Waals surface area contributed by atoms with Crippen LogP contribution in [0.25, 0.3) is 11.1 Å². The highest BCUT2D eigenvalue weighted by Gasteiger charge is 2.72. The molecule has 7 nitrogen and oxygen atoms in total. The fourth-order valence-corrected chi connectivity index (χ4v) is 4.60. The summed E-state index contributed by atoms with van der Waals surface area (Å²) in [7, 11) is 0. The summed E-state index contributed by atoms with van der Waals surface area (Å²) in [5.41, 5.74) is 4.39. The Morgan fingerprint density at radius 3 is 2.18 bits per heavy atom. The molecule has 2 aromatic rings. The van der Waals surface area contributed by atoms with Crippen molar-refractivity contribution >= 4 is 18.0 Å². The molecule has 2 aromatic carbocycles. The topological polar surface area (TPSA) is 105 Å². The monoisotopic (exact) mass is 472 g/mol. The number of aliphatic carboxylic acids is 1. The molecule has 0 aliphatic heterocycles. The third-order valence-corrected chi connectivity index (χ3v) is 6.58. The number of rotatable bonds is 9. The Morgan fingerprint density at radius 2 is 1.65 bits per heavy atom. The molecule has 2 aliphatic rings. The van der Waals surface area contributed by atoms with Crippen molar-refractivity contribution in [2.24, 2.45) is 11.8 Å². The maximum Gasteiger partial charge on any atom is 0.407 e. The highest BCUT2D eigenvalue weighted by atomic mass is 19.3. The van der Waals surface area contributed by atoms with Gasteiger partial charge in [-0.25, -0.2) is 13.6 Å². The van der Waals surface area contributed by atoms with E-state index in [2.05, 4.69) is 10.6 Å². The third kappa shape index (κ3) is 4.60. The number of carboxylic acid groups (broad SMARTS) is 1. The molecule has 9 heteroatoms. The number of alkyl carbamates (subject to hydrolysis) is 1. The number of carboxylic acids is 1. The number of carbonyl (C=O) groups excluding carboxylic acids is 2. The van der Waals surface area contributed by atoms with Crippen LogP contribution in [-0.4, -0.2) is 48.2 Å². The summed E-state index contributed by atoms with van der Waals surface area (Å²) >= 11 is 0. The summed E-state index contributed by atoms with van der Waals surface area (Å²) in [5, 5.41) is 13.8. The van der Waals surface area contributed by atoms with E-state index >= 15 is 0 Å². The van der Waals surface area contributed by atoms with Crippen molar-refractivity contribution in [3.8, 4) is 11.1 Å². The Labute approximate surface area is 195 Å². The van der Waals surface area contributed by atoms with Crippen LogP contribution in [0, 0.1) is 11.8 Å². The second-order valence-electron chi connectivity index (χ2n) is 8.68. The van der Waals surface area contributed by atoms with Gasteiger partial charge in [-0.2, -0.15) is 0 Å². The molecular weight excluding hydrogens is 446 g/mol. The maximum atomic E-state index is 13.5. The average Bonchev–Trinajstić information content (AvgIpc) is 3.23. The number of hydrogen-bond acceptors (Lipinski definition) is 4. The van der Waals surface area contributed by atoms with Gasteiger partial charge in [-0.15, -0.1) is 0 Å². The molecule has 0 heterocycles. The molecule has 2 unspecified atom stereocenters. The summed E-state index contributed by atoms with van der Waals surface area (Å²) in [6, 6.07) is 15.4. The highest BCUT2D eigenvalue weighted by Crippen LogP contribution is 2.54. The smallest absolute Gasteiger partial charge is 0.407 e. The predicted octanol–water partition coefficient (Wildman–Crippen LogP) is 3.78. The van der Waals surface area contributed by atoms with E-state index in [1.165, 1.54) is 0 Å². The Hall–Kier alpha value is -3.49. The van der Waals surface area contributed by atoms with Crippen molar-refractivity contribution in [2.75, 3.05) is 13.2 Å². The third-order valence-electron chi connectivity index (χ3n) is 6.58. The molecule has 2 aliphatic carbocycles. The van der Waals surface area contributed by atoms with Gasteiger partial charge in [0.1, 0.15) is 12.5 Å². The lowest BCUT2D eigenvalue weighted by Gasteiger charge is -2.19. The van der Waals surface area contributed by atoms with Gasteiger partial charge in [-0.05, 0) is 28.7 Å². The molecule has 0 bridgehead atoms. The first-order valence-corrected chi connectivity index (χ1v) is 11.2. The minimum Gasteiger partial charge on any atom is -0.481 e. The summed E-state index contributed by atoms with van der Waals surface area (Å²) in [5.74, 6) is -8.71. The molecule has 0 saturated heterocycles. The largest absolute Gasteiger partial charge is 0.481 e. The number of hydrogen-bond donors (Lipinski definition) is 3. The van der Waals surface area contributed by atoms with Crippen molar-refractivity contribution in [3.63, 3.8) is 0 Å². The minimum absolute atomic E-state index is 0.0936. The summed E-state index contributed by atoms with van der Waals surface area (Å²) in [6.07, 6.45) is -0.368. The Morgan fingerprint density at radius 1 is 1.06 bits per heavy atom. The predicted molar refractivity (Wildman–Crippen MR) is 119 cm³/mol. The van der Waals surface area contributed by atoms with Gasteiger partial charge >= 0.3 is 12.1 Å². The van der Waals surface area contributed by atoms with Crippen molar-refractivity contribution in [1.29, 1.82) is 0 Å². The second-order valence-corrected chi connectivity index (χ2v) is 8.68. The molecule has 0 spiro atoms. The van der Waals surface area contributed by atoms with Crippen molar-refractivity contribution < 1.29 is 33.0 Å². The van der Waals surface area contributed by atoms with Crippen molar-refractivity contribution in [2.45, 2.75) is 37.6 Å². The quantitative estimate of drug-likeness (QED) is 0.515. The first-order valence-electron chi connectivity index (χ1n) is 11.2. The van der Waals surface area contributed by atoms with Gasteiger partial charge in [0.05, 0.1) is 5.92 Å². The van der Waals surface area contributed by atoms with Crippen molar-refractivity contribution in [3.05, 3.63) is 59.7 Å². The van der Waals surface area contributed by atoms with Crippen LogP contribution in [0.5, 0.6) is 0 Å². The fourth-order valence-electron chi connectivity index (χ4n) is 4.60. The summed E-state index contributed by atoms with van der Waals surface area (Å²) in [4.78, 5) is 35.4. The molecule has 180 valence electrons. The molecule has 2 amide bonds. The van der Waals surface area contributed by atoms with E-state index in [1.54, 1.807) is 6.92 Å². The number of halogens is 2. The number of carbonyl (C=O) groups is 3. The number of alkyl halides is 2. The van der Waals surface area contributed by atoms with E-state index in [9.17, 15) is 23.2 Å². The first-order chi connectivity index (χ1) is 16.2. The normalized spacial score (nSPS) is 20.6. The van der Waals surface area contributed by atoms with Gasteiger partial charge in [0, 0.05) is 24.9 Å². The van der Waals surface area contributed by atoms with Gasteiger partial charge in [0.25, 0.3) is 5.92 Å². The van der Waals surface area contributed by atoms with E-state index < -0.39 is 48.3 Å². The van der Waals surface area contributed by atoms with Gasteiger partial charge < -0.3 is 20.5 Å². The van der Waals surface area contributed by atoms with E-state index in [4.69, 9.17) is 9.84 Å². The van der Waals surface area contributed by atoms with E-state index in [0.29, 0.717) is 6.42 Å². The number of benzene rings is 2. The lowest BCUT2D eigenvalue weighted by atomic mass is 9.98. The van der Waals surface area contributed by atoms with Crippen LogP contribution in [0.3, 0.4) is 0 Å². The number of nitrogens with one attached hydrogen (secondary N) is 2. The van der Waals surface area contributed by atoms with Crippen LogP contribution >= 0.6 is 0 Å². The van der Waals surface area contributed by atoms with Gasteiger partial charge in [-0.3, -0.25) is 9.59 Å². The zero-order chi connectivity index (χ0) is 24.5. The Kier molecular flexibility index (Phi) is 6.54. The van der Waals surface area contributed by atoms with Crippen LogP contribution in [0.2, 0.25) is 0 Å². The molecule has 0 aromatic heterocycles. The molecule has 4 rings (SSSR count). The van der Waals surface area contributed by atoms with Crippen LogP contribution in [0.4, 0.5) is 13.6 Å². The molecule has 0 radical (unpaired) electrons. The first kappa shape index (κ1) is 23.7. The maximum absolute atomic E-state index is 13.5. The molecule has 34 heavy (non-hydrogen) atoms. The zero-order valence-electron chi connectivity index (χ0n) is 18.6. The second kappa shape index (κ2) is 9.40. The average molecular weight is 472 g/mol. The number of fused-ring (bicyclic) bond motifs is 3. The molecule has 1 saturated carbocycles. The van der Waals surface area contributed by atoms with Crippen LogP contribution in [0.15, 0.2) is 48.5 Å². The summed E-state index contributed by atoms with van der Waals surface area (Å²) < 4.78 is 32.4. The van der Waals surface area contributed by atoms with E-state index in [-0.39, 0.29) is 18.9 Å². The Balaban J connectivity index is 1.27. The number of amides is 2. The standard InChI is InChI=1S/C25H26F2N2O5/c1-2-14(11-21(30)28-12-20-22(23(31)32)25(20,26)27)29-24(33)34-13-19-17-9-5-3-7-15(17)16-8-4-6-10-18(16)19/h3-10,14,19-20,22H,2,11-13H2,1H3,(H,28,30)(H,29,33)(H,31,32)/t14-,20?,22?/m0/s1. The highest BCUT2D eigenvalue weighted by molar-refractivity contribution is 5.80. The van der Waals surface area contributed by atoms with Crippen LogP contribution < -0.4 is 10.6 Å². The summed E-state index contributed by atoms with van der Waals surface area (Å²) in [6.45, 7) is 1.48. The Bertz CT molecular complexity index is 1060. The van der Waals surface area contributed by atoms with Crippen LogP contribution in [-0.2, 0) is 14.3 Å². The SMILES string of the molecule is CC[C@@H](CC(=O)NCC1C(C(=O)O)C1(F)F)NC(=O)OCC1c2ccccc2-c2ccccc21. The van der Waals surface area contributed by atoms with Crippen LogP contribution in [0.1, 0.15) is 36.8 Å². The van der Waals surface area contributed by atoms with Gasteiger partial charge in [0.2, 0.25) is 5.91 Å². The fraction of sp³-hybridized carbons (Fsp3) is 0.400. The molecule has 3 atom stereocenters.